The number of hydrogen-bond donors (Lipinski definition) is 1. The average Bonchev–Trinajstić information content (AvgIpc) is 3.09. The maximum atomic E-state index is 13.5. The Morgan fingerprint density at radius 1 is 0.939 bits per heavy atom. The number of nitrogens with one attached hydrogen (secondary N) is 1. The zero-order valence-corrected chi connectivity index (χ0v) is 20.1. The molecule has 1 aromatic heterocycles. The molecule has 2 aromatic carbocycles. The van der Waals surface area contributed by atoms with Gasteiger partial charge >= 0.3 is 0 Å². The Kier molecular flexibility index (Phi) is 5.95. The molecule has 1 saturated carbocycles. The number of benzene rings is 2. The van der Waals surface area contributed by atoms with Gasteiger partial charge in [0.05, 0.1) is 27.2 Å². The van der Waals surface area contributed by atoms with Crippen LogP contribution in [-0.4, -0.2) is 37.9 Å². The molecule has 0 amide bonds. The number of ether oxygens (including phenoxy) is 3. The summed E-state index contributed by atoms with van der Waals surface area (Å²) in [6.07, 6.45) is 0.734. The van der Waals surface area contributed by atoms with Crippen molar-refractivity contribution in [2.75, 3.05) is 21.3 Å². The number of H-pyrrole nitrogens is 1. The van der Waals surface area contributed by atoms with E-state index in [9.17, 15) is 9.59 Å². The van der Waals surface area contributed by atoms with Gasteiger partial charge in [-0.2, -0.15) is 0 Å². The zero-order valence-electron chi connectivity index (χ0n) is 20.1. The normalized spacial score (nSPS) is 17.3. The van der Waals surface area contributed by atoms with Gasteiger partial charge in [-0.15, -0.1) is 0 Å². The van der Waals surface area contributed by atoms with Crippen molar-refractivity contribution in [2.24, 2.45) is 11.3 Å². The third-order valence-electron chi connectivity index (χ3n) is 6.63. The molecule has 1 aliphatic rings. The maximum absolute atomic E-state index is 13.5. The van der Waals surface area contributed by atoms with E-state index in [2.05, 4.69) is 4.98 Å². The van der Waals surface area contributed by atoms with Crippen molar-refractivity contribution < 1.29 is 23.8 Å². The summed E-state index contributed by atoms with van der Waals surface area (Å²) in [5.74, 6) is 0.139. The molecule has 6 heteroatoms. The number of methoxy groups -OCH3 is 3. The standard InChI is InChI=1S/C27H31NO5/c1-15-23(17-9-7-8-10-18(17)28-15)24(25-19(29)13-27(2,3)14-20(25)30)16-11-21(31-4)26(33-6)22(12-16)32-5/h7-12,24-25,28H,13-14H2,1-6H3. The monoisotopic (exact) mass is 449 g/mol. The smallest absolute Gasteiger partial charge is 0.203 e. The molecule has 0 saturated heterocycles. The molecule has 4 rings (SSSR count). The summed E-state index contributed by atoms with van der Waals surface area (Å²) in [6.45, 7) is 5.94. The molecule has 0 aliphatic heterocycles. The van der Waals surface area contributed by atoms with Gasteiger partial charge in [0, 0.05) is 35.4 Å². The number of para-hydroxylation sites is 1. The molecule has 174 valence electrons. The van der Waals surface area contributed by atoms with E-state index in [-0.39, 0.29) is 17.0 Å². The lowest BCUT2D eigenvalue weighted by molar-refractivity contribution is -0.140. The van der Waals surface area contributed by atoms with Crippen LogP contribution in [0.3, 0.4) is 0 Å². The van der Waals surface area contributed by atoms with E-state index in [4.69, 9.17) is 14.2 Å². The molecule has 1 N–H and O–H groups in total. The summed E-state index contributed by atoms with van der Waals surface area (Å²) in [5.41, 5.74) is 3.30. The van der Waals surface area contributed by atoms with E-state index in [1.54, 1.807) is 21.3 Å². The van der Waals surface area contributed by atoms with Crippen LogP contribution in [0.15, 0.2) is 36.4 Å². The minimum Gasteiger partial charge on any atom is -0.493 e. The third-order valence-corrected chi connectivity index (χ3v) is 6.63. The molecule has 1 atom stereocenters. The van der Waals surface area contributed by atoms with Crippen molar-refractivity contribution in [3.8, 4) is 17.2 Å². The lowest BCUT2D eigenvalue weighted by Gasteiger charge is -2.36. The van der Waals surface area contributed by atoms with Gasteiger partial charge in [0.1, 0.15) is 11.6 Å². The fourth-order valence-corrected chi connectivity index (χ4v) is 5.28. The SMILES string of the molecule is COc1cc(C(c2c(C)[nH]c3ccccc23)C2C(=O)CC(C)(C)CC2=O)cc(OC)c1OC. The molecule has 33 heavy (non-hydrogen) atoms. The number of ketones is 2. The highest BCUT2D eigenvalue weighted by Gasteiger charge is 2.45. The van der Waals surface area contributed by atoms with E-state index >= 15 is 0 Å². The van der Waals surface area contributed by atoms with Crippen molar-refractivity contribution >= 4 is 22.5 Å². The minimum absolute atomic E-state index is 0.0281. The molecule has 0 spiro atoms. The molecule has 6 nitrogen and oxygen atoms in total. The largest absolute Gasteiger partial charge is 0.493 e. The first-order chi connectivity index (χ1) is 15.7. The van der Waals surface area contributed by atoms with Crippen LogP contribution < -0.4 is 14.2 Å². The minimum atomic E-state index is -0.779. The lowest BCUT2D eigenvalue weighted by atomic mass is 9.65. The van der Waals surface area contributed by atoms with E-state index in [1.165, 1.54) is 0 Å². The number of carbonyl (C=O) groups is 2. The van der Waals surface area contributed by atoms with E-state index in [1.807, 2.05) is 57.2 Å². The summed E-state index contributed by atoms with van der Waals surface area (Å²) >= 11 is 0. The average molecular weight is 450 g/mol. The van der Waals surface area contributed by atoms with Crippen molar-refractivity contribution in [1.29, 1.82) is 0 Å². The quantitative estimate of drug-likeness (QED) is 0.523. The highest BCUT2D eigenvalue weighted by atomic mass is 16.5. The number of rotatable bonds is 6. The Morgan fingerprint density at radius 3 is 2.06 bits per heavy atom. The first-order valence-electron chi connectivity index (χ1n) is 11.1. The Balaban J connectivity index is 2.00. The molecular weight excluding hydrogens is 418 g/mol. The fraction of sp³-hybridized carbons (Fsp3) is 0.407. The van der Waals surface area contributed by atoms with Gasteiger partial charge in [0.25, 0.3) is 0 Å². The van der Waals surface area contributed by atoms with Gasteiger partial charge in [-0.05, 0) is 41.7 Å². The van der Waals surface area contributed by atoms with Gasteiger partial charge < -0.3 is 19.2 Å². The molecule has 0 radical (unpaired) electrons. The van der Waals surface area contributed by atoms with Crippen LogP contribution in [0.5, 0.6) is 17.2 Å². The number of Topliss-reactive ketones (excluding diaryl/α,β-unsaturated/α-hetero) is 2. The van der Waals surface area contributed by atoms with E-state index in [0.29, 0.717) is 30.1 Å². The van der Waals surface area contributed by atoms with Crippen LogP contribution in [0.4, 0.5) is 0 Å². The number of aromatic amines is 1. The summed E-state index contributed by atoms with van der Waals surface area (Å²) in [7, 11) is 4.68. The van der Waals surface area contributed by atoms with Crippen LogP contribution in [0.2, 0.25) is 0 Å². The predicted octanol–water partition coefficient (Wildman–Crippen LogP) is 5.21. The van der Waals surface area contributed by atoms with Crippen molar-refractivity contribution in [3.63, 3.8) is 0 Å². The Labute approximate surface area is 194 Å². The second-order valence-corrected chi connectivity index (χ2v) is 9.57. The number of hydrogen-bond acceptors (Lipinski definition) is 5. The summed E-state index contributed by atoms with van der Waals surface area (Å²) in [4.78, 5) is 30.4. The Hall–Kier alpha value is -3.28. The first kappa shape index (κ1) is 22.9. The molecule has 3 aromatic rings. The van der Waals surface area contributed by atoms with Crippen LogP contribution in [0.1, 0.15) is 49.4 Å². The third kappa shape index (κ3) is 3.99. The summed E-state index contributed by atoms with van der Waals surface area (Å²) in [5, 5.41) is 0.999. The van der Waals surface area contributed by atoms with Crippen molar-refractivity contribution in [1.82, 2.24) is 4.98 Å². The second-order valence-electron chi connectivity index (χ2n) is 9.57. The van der Waals surface area contributed by atoms with Gasteiger partial charge in [0.15, 0.2) is 11.5 Å². The van der Waals surface area contributed by atoms with Crippen LogP contribution in [-0.2, 0) is 9.59 Å². The highest BCUT2D eigenvalue weighted by Crippen LogP contribution is 2.48. The van der Waals surface area contributed by atoms with Gasteiger partial charge in [-0.1, -0.05) is 32.0 Å². The summed E-state index contributed by atoms with van der Waals surface area (Å²) < 4.78 is 16.7. The van der Waals surface area contributed by atoms with Crippen molar-refractivity contribution in [2.45, 2.75) is 39.5 Å². The van der Waals surface area contributed by atoms with Crippen LogP contribution >= 0.6 is 0 Å². The second kappa shape index (κ2) is 8.58. The predicted molar refractivity (Wildman–Crippen MR) is 127 cm³/mol. The van der Waals surface area contributed by atoms with E-state index < -0.39 is 11.8 Å². The molecule has 1 aliphatic carbocycles. The zero-order chi connectivity index (χ0) is 23.9. The Bertz CT molecular complexity index is 1180. The first-order valence-corrected chi connectivity index (χ1v) is 11.1. The highest BCUT2D eigenvalue weighted by molar-refractivity contribution is 6.07. The maximum Gasteiger partial charge on any atom is 0.203 e. The topological polar surface area (TPSA) is 77.6 Å². The summed E-state index contributed by atoms with van der Waals surface area (Å²) in [6, 6.07) is 11.7. The molecule has 1 fully saturated rings. The Morgan fingerprint density at radius 2 is 1.52 bits per heavy atom. The molecule has 1 heterocycles. The molecule has 1 unspecified atom stereocenters. The number of aromatic nitrogens is 1. The number of fused-ring (bicyclic) bond motifs is 1. The van der Waals surface area contributed by atoms with Crippen molar-refractivity contribution in [3.05, 3.63) is 53.2 Å². The fourth-order valence-electron chi connectivity index (χ4n) is 5.28. The van der Waals surface area contributed by atoms with Gasteiger partial charge in [0.2, 0.25) is 5.75 Å². The lowest BCUT2D eigenvalue weighted by Crippen LogP contribution is -2.41. The van der Waals surface area contributed by atoms with Gasteiger partial charge in [-0.25, -0.2) is 0 Å². The molecular formula is C27H31NO5. The van der Waals surface area contributed by atoms with Crippen LogP contribution in [0.25, 0.3) is 10.9 Å². The van der Waals surface area contributed by atoms with E-state index in [0.717, 1.165) is 27.7 Å². The number of carbonyl (C=O) groups excluding carboxylic acids is 2. The molecule has 0 bridgehead atoms. The van der Waals surface area contributed by atoms with Gasteiger partial charge in [-0.3, -0.25) is 9.59 Å². The van der Waals surface area contributed by atoms with Crippen LogP contribution in [0, 0.1) is 18.3 Å². The number of aryl methyl sites for hydroxylation is 1.